The molecule has 23 heavy (non-hydrogen) atoms. The Morgan fingerprint density at radius 3 is 2.65 bits per heavy atom. The monoisotopic (exact) mass is 333 g/mol. The van der Waals surface area contributed by atoms with Crippen molar-refractivity contribution in [3.63, 3.8) is 0 Å². The number of thioether (sulfide) groups is 1. The summed E-state index contributed by atoms with van der Waals surface area (Å²) in [5.74, 6) is -0.796. The Kier molecular flexibility index (Phi) is 4.16. The van der Waals surface area contributed by atoms with Gasteiger partial charge in [0.25, 0.3) is 0 Å². The minimum Gasteiger partial charge on any atom is -0.480 e. The summed E-state index contributed by atoms with van der Waals surface area (Å²) in [7, 11) is 4.09. The summed E-state index contributed by atoms with van der Waals surface area (Å²) in [6.07, 6.45) is 0. The molecule has 2 aromatic rings. The van der Waals surface area contributed by atoms with E-state index in [1.54, 1.807) is 11.8 Å². The van der Waals surface area contributed by atoms with Crippen molar-refractivity contribution in [2.75, 3.05) is 14.1 Å². The first-order chi connectivity index (χ1) is 10.8. The van der Waals surface area contributed by atoms with E-state index in [-0.39, 0.29) is 10.1 Å². The predicted molar refractivity (Wildman–Crippen MR) is 94.7 cm³/mol. The maximum Gasteiger partial charge on any atom is 0.322 e. The molecule has 1 aromatic carbocycles. The average Bonchev–Trinajstić information content (AvgIpc) is 2.96. The maximum atomic E-state index is 11.5. The van der Waals surface area contributed by atoms with Crippen LogP contribution in [0, 0.1) is 0 Å². The van der Waals surface area contributed by atoms with Gasteiger partial charge in [0, 0.05) is 27.9 Å². The third-order valence-corrected chi connectivity index (χ3v) is 5.72. The third-order valence-electron chi connectivity index (χ3n) is 4.26. The number of hydrogen-bond donors (Lipinski definition) is 3. The number of carbonyl (C=O) groups is 1. The van der Waals surface area contributed by atoms with Gasteiger partial charge in [0.1, 0.15) is 6.04 Å². The van der Waals surface area contributed by atoms with Gasteiger partial charge in [-0.3, -0.25) is 10.1 Å². The van der Waals surface area contributed by atoms with Crippen LogP contribution in [-0.2, 0) is 11.3 Å². The lowest BCUT2D eigenvalue weighted by molar-refractivity contribution is -0.139. The van der Waals surface area contributed by atoms with Crippen LogP contribution in [0.15, 0.2) is 24.3 Å². The van der Waals surface area contributed by atoms with Gasteiger partial charge in [-0.25, -0.2) is 0 Å². The zero-order chi connectivity index (χ0) is 16.8. The van der Waals surface area contributed by atoms with Gasteiger partial charge in [0.15, 0.2) is 0 Å². The molecule has 6 heteroatoms. The van der Waals surface area contributed by atoms with Gasteiger partial charge >= 0.3 is 5.97 Å². The average molecular weight is 333 g/mol. The van der Waals surface area contributed by atoms with E-state index in [4.69, 9.17) is 0 Å². The minimum atomic E-state index is -0.796. The SMILES string of the molecule is CN(C)Cc1c(C2NC(C(=O)O)C(C)(C)S2)[nH]c2ccccc12. The number of para-hydroxylation sites is 1. The Hall–Kier alpha value is -1.50. The zero-order valence-electron chi connectivity index (χ0n) is 13.9. The number of nitrogens with one attached hydrogen (secondary N) is 2. The van der Waals surface area contributed by atoms with E-state index in [0.717, 1.165) is 17.8 Å². The second-order valence-electron chi connectivity index (χ2n) is 6.84. The van der Waals surface area contributed by atoms with E-state index in [0.29, 0.717) is 0 Å². The Bertz CT molecular complexity index is 739. The Balaban J connectivity index is 2.04. The lowest BCUT2D eigenvalue weighted by atomic mass is 10.0. The van der Waals surface area contributed by atoms with Gasteiger partial charge in [-0.2, -0.15) is 0 Å². The highest BCUT2D eigenvalue weighted by molar-refractivity contribution is 8.01. The van der Waals surface area contributed by atoms with Crippen LogP contribution in [0.4, 0.5) is 0 Å². The van der Waals surface area contributed by atoms with Gasteiger partial charge in [-0.05, 0) is 39.6 Å². The molecule has 0 amide bonds. The number of aromatic nitrogens is 1. The largest absolute Gasteiger partial charge is 0.480 e. The highest BCUT2D eigenvalue weighted by Gasteiger charge is 2.46. The number of hydrogen-bond acceptors (Lipinski definition) is 4. The van der Waals surface area contributed by atoms with Crippen LogP contribution >= 0.6 is 11.8 Å². The molecule has 2 unspecified atom stereocenters. The normalized spacial score (nSPS) is 23.7. The Labute approximate surface area is 140 Å². The summed E-state index contributed by atoms with van der Waals surface area (Å²) < 4.78 is -0.358. The summed E-state index contributed by atoms with van der Waals surface area (Å²) in [6, 6.07) is 7.68. The molecule has 2 atom stereocenters. The molecule has 0 aliphatic carbocycles. The third kappa shape index (κ3) is 2.98. The summed E-state index contributed by atoms with van der Waals surface area (Å²) in [6.45, 7) is 4.78. The van der Waals surface area contributed by atoms with Crippen molar-refractivity contribution in [2.45, 2.75) is 36.6 Å². The number of aliphatic carboxylic acids is 1. The van der Waals surface area contributed by atoms with Crippen molar-refractivity contribution in [1.82, 2.24) is 15.2 Å². The number of rotatable bonds is 4. The molecule has 3 N–H and O–H groups in total. The molecule has 1 fully saturated rings. The van der Waals surface area contributed by atoms with Gasteiger partial charge in [-0.1, -0.05) is 18.2 Å². The molecule has 0 spiro atoms. The fourth-order valence-electron chi connectivity index (χ4n) is 3.20. The predicted octanol–water partition coefficient (Wildman–Crippen LogP) is 2.80. The molecule has 1 aromatic heterocycles. The van der Waals surface area contributed by atoms with Crippen LogP contribution in [0.1, 0.15) is 30.5 Å². The van der Waals surface area contributed by atoms with Crippen LogP contribution in [-0.4, -0.2) is 45.8 Å². The first-order valence-corrected chi connectivity index (χ1v) is 8.58. The summed E-state index contributed by atoms with van der Waals surface area (Å²) in [5.41, 5.74) is 3.41. The first-order valence-electron chi connectivity index (χ1n) is 7.70. The fraction of sp³-hybridized carbons (Fsp3) is 0.471. The molecule has 5 nitrogen and oxygen atoms in total. The number of fused-ring (bicyclic) bond motifs is 1. The molecular weight excluding hydrogens is 310 g/mol. The second kappa shape index (κ2) is 5.85. The molecule has 0 saturated carbocycles. The molecular formula is C17H23N3O2S. The van der Waals surface area contributed by atoms with Crippen LogP contribution in [0.2, 0.25) is 0 Å². The number of H-pyrrole nitrogens is 1. The number of nitrogens with zero attached hydrogens (tertiary/aromatic N) is 1. The van der Waals surface area contributed by atoms with Gasteiger partial charge in [0.2, 0.25) is 0 Å². The summed E-state index contributed by atoms with van der Waals surface area (Å²) in [5, 5.41) is 13.9. The minimum absolute atomic E-state index is 0.0477. The van der Waals surface area contributed by atoms with Crippen molar-refractivity contribution in [3.8, 4) is 0 Å². The van der Waals surface area contributed by atoms with Crippen molar-refractivity contribution >= 4 is 28.6 Å². The number of carboxylic acids is 1. The van der Waals surface area contributed by atoms with Crippen molar-refractivity contribution in [3.05, 3.63) is 35.5 Å². The number of carboxylic acid groups (broad SMARTS) is 1. The molecule has 124 valence electrons. The van der Waals surface area contributed by atoms with Crippen molar-refractivity contribution < 1.29 is 9.90 Å². The highest BCUT2D eigenvalue weighted by atomic mass is 32.2. The fourth-order valence-corrected chi connectivity index (χ4v) is 4.64. The van der Waals surface area contributed by atoms with Crippen LogP contribution < -0.4 is 5.32 Å². The molecule has 1 aliphatic rings. The Morgan fingerprint density at radius 1 is 1.35 bits per heavy atom. The summed E-state index contributed by atoms with van der Waals surface area (Å²) in [4.78, 5) is 17.2. The highest BCUT2D eigenvalue weighted by Crippen LogP contribution is 2.47. The van der Waals surface area contributed by atoms with E-state index < -0.39 is 12.0 Å². The van der Waals surface area contributed by atoms with Crippen LogP contribution in [0.5, 0.6) is 0 Å². The topological polar surface area (TPSA) is 68.4 Å². The van der Waals surface area contributed by atoms with Crippen molar-refractivity contribution in [2.24, 2.45) is 0 Å². The van der Waals surface area contributed by atoms with E-state index >= 15 is 0 Å². The number of aromatic amines is 1. The molecule has 1 saturated heterocycles. The van der Waals surface area contributed by atoms with Gasteiger partial charge in [0.05, 0.1) is 5.37 Å². The van der Waals surface area contributed by atoms with Crippen LogP contribution in [0.3, 0.4) is 0 Å². The van der Waals surface area contributed by atoms with Crippen molar-refractivity contribution in [1.29, 1.82) is 0 Å². The van der Waals surface area contributed by atoms with E-state index in [1.807, 2.05) is 40.1 Å². The number of benzene rings is 1. The first kappa shape index (κ1) is 16.4. The molecule has 1 aliphatic heterocycles. The smallest absolute Gasteiger partial charge is 0.322 e. The lowest BCUT2D eigenvalue weighted by Gasteiger charge is -2.20. The van der Waals surface area contributed by atoms with Crippen LogP contribution in [0.25, 0.3) is 10.9 Å². The molecule has 2 heterocycles. The molecule has 0 radical (unpaired) electrons. The van der Waals surface area contributed by atoms with Gasteiger partial charge < -0.3 is 15.0 Å². The molecule has 3 rings (SSSR count). The second-order valence-corrected chi connectivity index (χ2v) is 8.60. The standard InChI is InChI=1S/C17H23N3O2S/c1-17(2)14(16(21)22)19-15(23-17)13-11(9-20(3)4)10-7-5-6-8-12(10)18-13/h5-8,14-15,18-19H,9H2,1-4H3,(H,21,22). The zero-order valence-corrected chi connectivity index (χ0v) is 14.7. The van der Waals surface area contributed by atoms with E-state index in [9.17, 15) is 9.90 Å². The van der Waals surface area contributed by atoms with Gasteiger partial charge in [-0.15, -0.1) is 11.8 Å². The summed E-state index contributed by atoms with van der Waals surface area (Å²) >= 11 is 1.67. The Morgan fingerprint density at radius 2 is 2.04 bits per heavy atom. The lowest BCUT2D eigenvalue weighted by Crippen LogP contribution is -2.43. The maximum absolute atomic E-state index is 11.5. The quantitative estimate of drug-likeness (QED) is 0.803. The van der Waals surface area contributed by atoms with E-state index in [1.165, 1.54) is 10.9 Å². The van der Waals surface area contributed by atoms with E-state index in [2.05, 4.69) is 27.3 Å². The molecule has 0 bridgehead atoms.